The third kappa shape index (κ3) is 4.53. The van der Waals surface area contributed by atoms with E-state index in [4.69, 9.17) is 4.74 Å². The van der Waals surface area contributed by atoms with Crippen molar-refractivity contribution in [1.82, 2.24) is 10.3 Å². The number of benzene rings is 2. The molecule has 1 amide bonds. The molecule has 0 bridgehead atoms. The first-order chi connectivity index (χ1) is 11.4. The van der Waals surface area contributed by atoms with Crippen molar-refractivity contribution in [2.45, 2.75) is 18.2 Å². The molecule has 2 rings (SSSR count). The van der Waals surface area contributed by atoms with Crippen LogP contribution in [-0.2, 0) is 10.0 Å². The number of halogens is 1. The first-order valence-electron chi connectivity index (χ1n) is 7.23. The van der Waals surface area contributed by atoms with Crippen LogP contribution in [0, 0.1) is 5.82 Å². The van der Waals surface area contributed by atoms with E-state index < -0.39 is 26.6 Å². The van der Waals surface area contributed by atoms with E-state index >= 15 is 0 Å². The second kappa shape index (κ2) is 7.89. The summed E-state index contributed by atoms with van der Waals surface area (Å²) < 4.78 is 43.0. The van der Waals surface area contributed by atoms with Crippen molar-refractivity contribution in [3.8, 4) is 5.75 Å². The molecule has 0 aliphatic carbocycles. The van der Waals surface area contributed by atoms with E-state index in [1.807, 2.05) is 17.2 Å². The summed E-state index contributed by atoms with van der Waals surface area (Å²) in [4.78, 5) is 13.4. The fraction of sp³-hybridized carbons (Fsp3) is 0.188. The van der Waals surface area contributed by atoms with Crippen LogP contribution in [0.1, 0.15) is 23.7 Å². The lowest BCUT2D eigenvalue weighted by molar-refractivity contribution is 0.0944. The summed E-state index contributed by atoms with van der Waals surface area (Å²) >= 11 is 0. The van der Waals surface area contributed by atoms with E-state index in [9.17, 15) is 17.6 Å². The summed E-state index contributed by atoms with van der Waals surface area (Å²) in [6.45, 7) is 2.46. The van der Waals surface area contributed by atoms with Crippen LogP contribution in [0.15, 0.2) is 53.4 Å². The monoisotopic (exact) mass is 352 g/mol. The van der Waals surface area contributed by atoms with E-state index in [2.05, 4.69) is 0 Å². The van der Waals surface area contributed by atoms with Crippen LogP contribution in [0.2, 0.25) is 0 Å². The molecule has 0 heterocycles. The average molecular weight is 352 g/mol. The zero-order chi connectivity index (χ0) is 17.6. The lowest BCUT2D eigenvalue weighted by Gasteiger charge is -2.10. The highest BCUT2D eigenvalue weighted by Gasteiger charge is 2.19. The highest BCUT2D eigenvalue weighted by Crippen LogP contribution is 2.14. The zero-order valence-corrected chi connectivity index (χ0v) is 13.8. The molecule has 0 radical (unpaired) electrons. The van der Waals surface area contributed by atoms with Gasteiger partial charge in [0.25, 0.3) is 15.9 Å². The van der Waals surface area contributed by atoms with Crippen LogP contribution in [0.3, 0.4) is 0 Å². The molecule has 0 unspecified atom stereocenters. The van der Waals surface area contributed by atoms with Gasteiger partial charge in [-0.15, -0.1) is 4.83 Å². The Hall–Kier alpha value is -2.45. The number of ether oxygens (including phenoxy) is 1. The van der Waals surface area contributed by atoms with Gasteiger partial charge in [-0.1, -0.05) is 25.1 Å². The molecule has 2 N–H and O–H groups in total. The molecular formula is C16H17FN2O4S. The summed E-state index contributed by atoms with van der Waals surface area (Å²) in [6, 6.07) is 11.2. The highest BCUT2D eigenvalue weighted by molar-refractivity contribution is 7.89. The molecule has 0 atom stereocenters. The van der Waals surface area contributed by atoms with Crippen LogP contribution in [0.25, 0.3) is 0 Å². The third-order valence-corrected chi connectivity index (χ3v) is 4.28. The maximum absolute atomic E-state index is 13.6. The van der Waals surface area contributed by atoms with E-state index in [1.165, 1.54) is 24.3 Å². The van der Waals surface area contributed by atoms with Gasteiger partial charge in [0.2, 0.25) is 0 Å². The second-order valence-corrected chi connectivity index (χ2v) is 6.52. The Bertz CT molecular complexity index is 824. The highest BCUT2D eigenvalue weighted by atomic mass is 32.2. The Kier molecular flexibility index (Phi) is 5.88. The number of carbonyl (C=O) groups is 1. The Labute approximate surface area is 139 Å². The summed E-state index contributed by atoms with van der Waals surface area (Å²) in [6.07, 6.45) is 0.818. The number of sulfonamides is 1. The van der Waals surface area contributed by atoms with E-state index in [0.29, 0.717) is 12.4 Å². The second-order valence-electron chi connectivity index (χ2n) is 4.87. The van der Waals surface area contributed by atoms with Gasteiger partial charge in [-0.2, -0.15) is 0 Å². The lowest BCUT2D eigenvalue weighted by Crippen LogP contribution is -2.41. The molecule has 0 aliphatic heterocycles. The molecule has 6 nitrogen and oxygen atoms in total. The minimum Gasteiger partial charge on any atom is -0.494 e. The molecule has 2 aromatic rings. The Morgan fingerprint density at radius 1 is 1.17 bits per heavy atom. The van der Waals surface area contributed by atoms with Crippen LogP contribution >= 0.6 is 0 Å². The maximum atomic E-state index is 13.6. The molecule has 128 valence electrons. The number of hydrazine groups is 1. The fourth-order valence-corrected chi connectivity index (χ4v) is 2.77. The topological polar surface area (TPSA) is 84.5 Å². The van der Waals surface area contributed by atoms with E-state index in [0.717, 1.165) is 18.6 Å². The van der Waals surface area contributed by atoms with Crippen LogP contribution in [0.5, 0.6) is 5.75 Å². The van der Waals surface area contributed by atoms with Crippen molar-refractivity contribution in [3.63, 3.8) is 0 Å². The van der Waals surface area contributed by atoms with Gasteiger partial charge < -0.3 is 4.74 Å². The van der Waals surface area contributed by atoms with Gasteiger partial charge in [0.05, 0.1) is 6.61 Å². The first-order valence-corrected chi connectivity index (χ1v) is 8.72. The molecule has 0 aromatic heterocycles. The van der Waals surface area contributed by atoms with Crippen molar-refractivity contribution >= 4 is 15.9 Å². The SMILES string of the molecule is CCCOc1cccc(C(=O)NNS(=O)(=O)c2ccccc2F)c1. The molecule has 2 aromatic carbocycles. The van der Waals surface area contributed by atoms with Crippen molar-refractivity contribution in [2.75, 3.05) is 6.61 Å². The van der Waals surface area contributed by atoms with Crippen molar-refractivity contribution < 1.29 is 22.3 Å². The van der Waals surface area contributed by atoms with Crippen LogP contribution in [-0.4, -0.2) is 20.9 Å². The van der Waals surface area contributed by atoms with Crippen molar-refractivity contribution in [3.05, 3.63) is 59.9 Å². The fourth-order valence-electron chi connectivity index (χ4n) is 1.85. The summed E-state index contributed by atoms with van der Waals surface area (Å²) in [7, 11) is -4.21. The molecular weight excluding hydrogens is 335 g/mol. The molecule has 0 spiro atoms. The number of carbonyl (C=O) groups excluding carboxylic acids is 1. The predicted octanol–water partition coefficient (Wildman–Crippen LogP) is 2.24. The largest absolute Gasteiger partial charge is 0.494 e. The number of amides is 1. The number of rotatable bonds is 7. The van der Waals surface area contributed by atoms with Gasteiger partial charge in [-0.05, 0) is 36.8 Å². The predicted molar refractivity (Wildman–Crippen MR) is 86.4 cm³/mol. The minimum absolute atomic E-state index is 0.208. The smallest absolute Gasteiger partial charge is 0.266 e. The standard InChI is InChI=1S/C16H17FN2O4S/c1-2-10-23-13-7-5-6-12(11-13)16(20)18-19-24(21,22)15-9-4-3-8-14(15)17/h3-9,11,19H,2,10H2,1H3,(H,18,20). The molecule has 8 heteroatoms. The van der Waals surface area contributed by atoms with E-state index in [-0.39, 0.29) is 5.56 Å². The molecule has 0 fully saturated rings. The molecule has 24 heavy (non-hydrogen) atoms. The lowest BCUT2D eigenvalue weighted by atomic mass is 10.2. The Morgan fingerprint density at radius 3 is 2.62 bits per heavy atom. The Morgan fingerprint density at radius 2 is 1.92 bits per heavy atom. The van der Waals surface area contributed by atoms with Crippen molar-refractivity contribution in [2.24, 2.45) is 0 Å². The average Bonchev–Trinajstić information content (AvgIpc) is 2.58. The van der Waals surface area contributed by atoms with Gasteiger partial charge in [0.15, 0.2) is 0 Å². The molecule has 0 aliphatic rings. The third-order valence-electron chi connectivity index (χ3n) is 2.99. The zero-order valence-electron chi connectivity index (χ0n) is 13.0. The van der Waals surface area contributed by atoms with Gasteiger partial charge in [-0.25, -0.2) is 12.8 Å². The first kappa shape index (κ1) is 17.9. The quantitative estimate of drug-likeness (QED) is 0.749. The van der Waals surface area contributed by atoms with Gasteiger partial charge >= 0.3 is 0 Å². The maximum Gasteiger partial charge on any atom is 0.266 e. The summed E-state index contributed by atoms with van der Waals surface area (Å²) in [5.74, 6) is -1.09. The molecule has 0 saturated carbocycles. The van der Waals surface area contributed by atoms with Crippen molar-refractivity contribution in [1.29, 1.82) is 0 Å². The number of nitrogens with one attached hydrogen (secondary N) is 2. The summed E-state index contributed by atoms with van der Waals surface area (Å²) in [5.41, 5.74) is 2.26. The van der Waals surface area contributed by atoms with Gasteiger partial charge in [-0.3, -0.25) is 10.2 Å². The van der Waals surface area contributed by atoms with Gasteiger partial charge in [0.1, 0.15) is 16.5 Å². The number of hydrogen-bond donors (Lipinski definition) is 2. The van der Waals surface area contributed by atoms with Crippen LogP contribution in [0.4, 0.5) is 4.39 Å². The van der Waals surface area contributed by atoms with Crippen LogP contribution < -0.4 is 15.0 Å². The summed E-state index contributed by atoms with van der Waals surface area (Å²) in [5, 5.41) is 0. The van der Waals surface area contributed by atoms with E-state index in [1.54, 1.807) is 12.1 Å². The molecule has 0 saturated heterocycles. The normalized spacial score (nSPS) is 11.1. The number of hydrogen-bond acceptors (Lipinski definition) is 4. The minimum atomic E-state index is -4.21. The van der Waals surface area contributed by atoms with Gasteiger partial charge in [0, 0.05) is 5.56 Å². The Balaban J connectivity index is 2.06.